The van der Waals surface area contributed by atoms with Crippen molar-refractivity contribution >= 4 is 43.1 Å². The predicted molar refractivity (Wildman–Crippen MR) is 122 cm³/mol. The van der Waals surface area contributed by atoms with Crippen LogP contribution in [0.25, 0.3) is 0 Å². The minimum atomic E-state index is -3.79. The minimum absolute atomic E-state index is 0.0344. The van der Waals surface area contributed by atoms with E-state index in [9.17, 15) is 13.2 Å². The normalized spacial score (nSPS) is 11.0. The van der Waals surface area contributed by atoms with Crippen molar-refractivity contribution in [3.05, 3.63) is 82.3 Å². The molecule has 0 fully saturated rings. The number of methoxy groups -OCH3 is 1. The van der Waals surface area contributed by atoms with E-state index in [2.05, 4.69) is 26.0 Å². The molecule has 0 atom stereocenters. The van der Waals surface area contributed by atoms with Crippen LogP contribution in [0.3, 0.4) is 0 Å². The van der Waals surface area contributed by atoms with Gasteiger partial charge in [-0.05, 0) is 83.0 Å². The summed E-state index contributed by atoms with van der Waals surface area (Å²) in [7, 11) is -2.23. The molecule has 0 heterocycles. The Kier molecular flexibility index (Phi) is 6.79. The Balaban J connectivity index is 1.71. The lowest BCUT2D eigenvalue weighted by Gasteiger charge is -2.12. The molecule has 0 aliphatic rings. The molecule has 6 nitrogen and oxygen atoms in total. The van der Waals surface area contributed by atoms with E-state index in [1.807, 2.05) is 13.0 Å². The second kappa shape index (κ2) is 9.32. The highest BCUT2D eigenvalue weighted by molar-refractivity contribution is 9.10. The van der Waals surface area contributed by atoms with Crippen molar-refractivity contribution in [3.63, 3.8) is 0 Å². The van der Waals surface area contributed by atoms with E-state index in [0.29, 0.717) is 27.2 Å². The number of anilines is 2. The van der Waals surface area contributed by atoms with Crippen molar-refractivity contribution in [2.45, 2.75) is 11.8 Å². The summed E-state index contributed by atoms with van der Waals surface area (Å²) in [5.74, 6) is 0.554. The number of rotatable bonds is 8. The maximum absolute atomic E-state index is 12.8. The number of hydrogen-bond donors (Lipinski definition) is 2. The Morgan fingerprint density at radius 2 is 1.77 bits per heavy atom. The lowest BCUT2D eigenvalue weighted by molar-refractivity contribution is 0.101. The van der Waals surface area contributed by atoms with E-state index in [1.165, 1.54) is 12.1 Å². The molecule has 0 spiro atoms. The molecule has 0 saturated carbocycles. The number of benzene rings is 3. The van der Waals surface area contributed by atoms with Gasteiger partial charge >= 0.3 is 0 Å². The highest BCUT2D eigenvalue weighted by Crippen LogP contribution is 2.27. The molecular formula is C22H21BrN2O4S. The fourth-order valence-electron chi connectivity index (χ4n) is 2.76. The molecular weight excluding hydrogens is 468 g/mol. The van der Waals surface area contributed by atoms with Crippen molar-refractivity contribution in [1.82, 2.24) is 0 Å². The molecule has 0 aliphatic carbocycles. The van der Waals surface area contributed by atoms with Gasteiger partial charge in [-0.3, -0.25) is 9.52 Å². The molecule has 8 heteroatoms. The second-order valence-electron chi connectivity index (χ2n) is 6.62. The van der Waals surface area contributed by atoms with Gasteiger partial charge in [0.25, 0.3) is 10.0 Å². The van der Waals surface area contributed by atoms with Crippen LogP contribution in [0.1, 0.15) is 15.9 Å². The number of carbonyl (C=O) groups excluding carboxylic acids is 1. The van der Waals surface area contributed by atoms with Crippen LogP contribution in [0, 0.1) is 6.92 Å². The van der Waals surface area contributed by atoms with Gasteiger partial charge in [-0.25, -0.2) is 8.42 Å². The van der Waals surface area contributed by atoms with Gasteiger partial charge in [0, 0.05) is 15.7 Å². The molecule has 2 N–H and O–H groups in total. The molecule has 156 valence electrons. The number of ketones is 1. The number of hydrogen-bond acceptors (Lipinski definition) is 5. The monoisotopic (exact) mass is 488 g/mol. The number of Topliss-reactive ketones (excluding diaryl/α,β-unsaturated/α-hetero) is 1. The fraction of sp³-hybridized carbons (Fsp3) is 0.136. The zero-order chi connectivity index (χ0) is 21.7. The first-order valence-corrected chi connectivity index (χ1v) is 11.4. The van der Waals surface area contributed by atoms with E-state index in [4.69, 9.17) is 4.74 Å². The largest absolute Gasteiger partial charge is 0.497 e. The Hall–Kier alpha value is -2.84. The Labute approximate surface area is 184 Å². The molecule has 3 rings (SSSR count). The predicted octanol–water partition coefficient (Wildman–Crippen LogP) is 4.86. The van der Waals surface area contributed by atoms with E-state index in [1.54, 1.807) is 55.6 Å². The molecule has 3 aromatic carbocycles. The van der Waals surface area contributed by atoms with E-state index >= 15 is 0 Å². The summed E-state index contributed by atoms with van der Waals surface area (Å²) in [4.78, 5) is 12.5. The maximum atomic E-state index is 12.8. The summed E-state index contributed by atoms with van der Waals surface area (Å²) >= 11 is 3.36. The molecule has 0 bridgehead atoms. The highest BCUT2D eigenvalue weighted by atomic mass is 79.9. The van der Waals surface area contributed by atoms with Crippen molar-refractivity contribution in [2.24, 2.45) is 0 Å². The van der Waals surface area contributed by atoms with Gasteiger partial charge in [-0.1, -0.05) is 12.1 Å². The van der Waals surface area contributed by atoms with Crippen LogP contribution in [0.2, 0.25) is 0 Å². The second-order valence-corrected chi connectivity index (χ2v) is 9.16. The number of aryl methyl sites for hydroxylation is 1. The van der Waals surface area contributed by atoms with Crippen LogP contribution in [0.15, 0.2) is 76.1 Å². The smallest absolute Gasteiger partial charge is 0.262 e. The van der Waals surface area contributed by atoms with Crippen LogP contribution in [0.5, 0.6) is 5.75 Å². The van der Waals surface area contributed by atoms with Crippen LogP contribution in [0.4, 0.5) is 11.4 Å². The average Bonchev–Trinajstić information content (AvgIpc) is 2.74. The number of nitrogens with one attached hydrogen (secondary N) is 2. The third-order valence-corrected chi connectivity index (χ3v) is 6.43. The summed E-state index contributed by atoms with van der Waals surface area (Å²) in [6.45, 7) is 1.92. The van der Waals surface area contributed by atoms with Gasteiger partial charge in [0.15, 0.2) is 5.78 Å². The number of sulfonamides is 1. The molecule has 0 aliphatic heterocycles. The maximum Gasteiger partial charge on any atom is 0.262 e. The number of carbonyl (C=O) groups is 1. The molecule has 0 saturated heterocycles. The van der Waals surface area contributed by atoms with Crippen LogP contribution in [-0.2, 0) is 10.0 Å². The minimum Gasteiger partial charge on any atom is -0.497 e. The molecule has 0 aromatic heterocycles. The Morgan fingerprint density at radius 1 is 1.03 bits per heavy atom. The number of ether oxygens (including phenoxy) is 1. The quantitative estimate of drug-likeness (QED) is 0.442. The SMILES string of the molecule is COc1ccc(C(=O)CNc2cccc(S(=O)(=O)Nc3cc(C)ccc3Br)c2)cc1. The van der Waals surface area contributed by atoms with Gasteiger partial charge < -0.3 is 10.1 Å². The van der Waals surface area contributed by atoms with Crippen LogP contribution >= 0.6 is 15.9 Å². The van der Waals surface area contributed by atoms with Gasteiger partial charge in [-0.15, -0.1) is 0 Å². The lowest BCUT2D eigenvalue weighted by Crippen LogP contribution is -2.16. The van der Waals surface area contributed by atoms with Crippen molar-refractivity contribution in [3.8, 4) is 5.75 Å². The zero-order valence-electron chi connectivity index (χ0n) is 16.5. The fourth-order valence-corrected chi connectivity index (χ4v) is 4.35. The molecule has 30 heavy (non-hydrogen) atoms. The summed E-state index contributed by atoms with van der Waals surface area (Å²) in [6.07, 6.45) is 0. The first kappa shape index (κ1) is 21.9. The Bertz CT molecular complexity index is 1160. The van der Waals surface area contributed by atoms with E-state index in [0.717, 1.165) is 5.56 Å². The summed E-state index contributed by atoms with van der Waals surface area (Å²) in [6, 6.07) is 18.6. The van der Waals surface area contributed by atoms with Crippen LogP contribution in [-0.4, -0.2) is 27.9 Å². The molecule has 0 unspecified atom stereocenters. The van der Waals surface area contributed by atoms with E-state index < -0.39 is 10.0 Å². The van der Waals surface area contributed by atoms with Gasteiger partial charge in [-0.2, -0.15) is 0 Å². The third-order valence-electron chi connectivity index (χ3n) is 4.38. The first-order chi connectivity index (χ1) is 14.3. The zero-order valence-corrected chi connectivity index (χ0v) is 18.9. The van der Waals surface area contributed by atoms with Crippen molar-refractivity contribution < 1.29 is 17.9 Å². The summed E-state index contributed by atoms with van der Waals surface area (Å²) in [5.41, 5.74) is 2.47. The molecule has 0 amide bonds. The topological polar surface area (TPSA) is 84.5 Å². The number of halogens is 1. The highest BCUT2D eigenvalue weighted by Gasteiger charge is 2.16. The first-order valence-electron chi connectivity index (χ1n) is 9.08. The lowest BCUT2D eigenvalue weighted by atomic mass is 10.1. The summed E-state index contributed by atoms with van der Waals surface area (Å²) < 4.78 is 33.9. The average molecular weight is 489 g/mol. The standard InChI is InChI=1S/C22H21BrN2O4S/c1-15-6-11-20(23)21(12-15)25-30(27,28)19-5-3-4-17(13-19)24-14-22(26)16-7-9-18(29-2)10-8-16/h3-13,24-25H,14H2,1-2H3. The van der Waals surface area contributed by atoms with Gasteiger partial charge in [0.2, 0.25) is 0 Å². The summed E-state index contributed by atoms with van der Waals surface area (Å²) in [5, 5.41) is 2.99. The van der Waals surface area contributed by atoms with Crippen molar-refractivity contribution in [2.75, 3.05) is 23.7 Å². The van der Waals surface area contributed by atoms with Crippen LogP contribution < -0.4 is 14.8 Å². The van der Waals surface area contributed by atoms with Gasteiger partial charge in [0.05, 0.1) is 24.2 Å². The van der Waals surface area contributed by atoms with Crippen molar-refractivity contribution in [1.29, 1.82) is 0 Å². The third kappa shape index (κ3) is 5.40. The van der Waals surface area contributed by atoms with E-state index in [-0.39, 0.29) is 17.2 Å². The molecule has 0 radical (unpaired) electrons. The molecule has 3 aromatic rings. The Morgan fingerprint density at radius 3 is 2.47 bits per heavy atom. The van der Waals surface area contributed by atoms with Gasteiger partial charge in [0.1, 0.15) is 5.75 Å².